The first-order chi connectivity index (χ1) is 7.79. The number of H-pyrrole nitrogens is 1. The van der Waals surface area contributed by atoms with E-state index in [4.69, 9.17) is 4.74 Å². The number of fused-ring (bicyclic) bond motifs is 1. The van der Waals surface area contributed by atoms with Crippen molar-refractivity contribution in [2.45, 2.75) is 19.4 Å². The topological polar surface area (TPSA) is 49.9 Å². The standard InChI is InChI=1S/C12H17N3O/c1-9(5-6-16-2)14-11-3-4-12-10(7-11)8-13-15-12/h3-4,7-9,14H,5-6H2,1-2H3,(H,13,15). The molecule has 0 aliphatic rings. The Morgan fingerprint density at radius 3 is 3.19 bits per heavy atom. The molecule has 0 aliphatic carbocycles. The number of ether oxygens (including phenoxy) is 1. The monoisotopic (exact) mass is 219 g/mol. The van der Waals surface area contributed by atoms with Crippen LogP contribution < -0.4 is 5.32 Å². The molecule has 0 fully saturated rings. The summed E-state index contributed by atoms with van der Waals surface area (Å²) < 4.78 is 5.05. The van der Waals surface area contributed by atoms with Crippen molar-refractivity contribution >= 4 is 16.6 Å². The first kappa shape index (κ1) is 11.0. The molecule has 86 valence electrons. The Bertz CT molecular complexity index is 452. The summed E-state index contributed by atoms with van der Waals surface area (Å²) in [5.41, 5.74) is 2.19. The quantitative estimate of drug-likeness (QED) is 0.811. The molecule has 0 spiro atoms. The number of aromatic amines is 1. The van der Waals surface area contributed by atoms with Crippen molar-refractivity contribution in [3.8, 4) is 0 Å². The number of hydrogen-bond donors (Lipinski definition) is 2. The van der Waals surface area contributed by atoms with Crippen molar-refractivity contribution < 1.29 is 4.74 Å². The number of anilines is 1. The van der Waals surface area contributed by atoms with E-state index in [2.05, 4.69) is 34.6 Å². The maximum Gasteiger partial charge on any atom is 0.0651 e. The highest BCUT2D eigenvalue weighted by Crippen LogP contribution is 2.17. The molecule has 0 saturated carbocycles. The van der Waals surface area contributed by atoms with Crippen LogP contribution in [0.3, 0.4) is 0 Å². The van der Waals surface area contributed by atoms with Crippen molar-refractivity contribution in [2.24, 2.45) is 0 Å². The normalized spacial score (nSPS) is 12.9. The van der Waals surface area contributed by atoms with Gasteiger partial charge in [0.1, 0.15) is 0 Å². The van der Waals surface area contributed by atoms with Crippen LogP contribution in [0.4, 0.5) is 5.69 Å². The van der Waals surface area contributed by atoms with Gasteiger partial charge in [0.2, 0.25) is 0 Å². The lowest BCUT2D eigenvalue weighted by molar-refractivity contribution is 0.191. The van der Waals surface area contributed by atoms with Gasteiger partial charge in [-0.25, -0.2) is 0 Å². The molecule has 2 aromatic rings. The van der Waals surface area contributed by atoms with Crippen LogP contribution in [0.5, 0.6) is 0 Å². The zero-order valence-corrected chi connectivity index (χ0v) is 9.66. The first-order valence-electron chi connectivity index (χ1n) is 5.48. The van der Waals surface area contributed by atoms with Gasteiger partial charge in [0.15, 0.2) is 0 Å². The Morgan fingerprint density at radius 2 is 2.38 bits per heavy atom. The van der Waals surface area contributed by atoms with Crippen LogP contribution in [0.1, 0.15) is 13.3 Å². The van der Waals surface area contributed by atoms with Gasteiger partial charge in [-0.2, -0.15) is 5.10 Å². The smallest absolute Gasteiger partial charge is 0.0651 e. The van der Waals surface area contributed by atoms with E-state index in [0.29, 0.717) is 6.04 Å². The van der Waals surface area contributed by atoms with Crippen molar-refractivity contribution in [1.82, 2.24) is 10.2 Å². The van der Waals surface area contributed by atoms with Crippen molar-refractivity contribution in [1.29, 1.82) is 0 Å². The summed E-state index contributed by atoms with van der Waals surface area (Å²) in [6, 6.07) is 6.60. The zero-order valence-electron chi connectivity index (χ0n) is 9.66. The Balaban J connectivity index is 2.03. The SMILES string of the molecule is COCCC(C)Nc1ccc2[nH]ncc2c1. The van der Waals surface area contributed by atoms with Gasteiger partial charge in [-0.15, -0.1) is 0 Å². The van der Waals surface area contributed by atoms with Gasteiger partial charge < -0.3 is 10.1 Å². The highest BCUT2D eigenvalue weighted by Gasteiger charge is 2.02. The minimum absolute atomic E-state index is 0.407. The van der Waals surface area contributed by atoms with E-state index < -0.39 is 0 Å². The second kappa shape index (κ2) is 4.99. The summed E-state index contributed by atoms with van der Waals surface area (Å²) in [7, 11) is 1.73. The fourth-order valence-electron chi connectivity index (χ4n) is 1.68. The third kappa shape index (κ3) is 2.52. The molecule has 0 saturated heterocycles. The van der Waals surface area contributed by atoms with E-state index in [0.717, 1.165) is 29.6 Å². The van der Waals surface area contributed by atoms with Gasteiger partial charge in [0.05, 0.1) is 11.7 Å². The molecule has 4 nitrogen and oxygen atoms in total. The molecule has 16 heavy (non-hydrogen) atoms. The first-order valence-corrected chi connectivity index (χ1v) is 5.48. The Labute approximate surface area is 95.0 Å². The molecule has 1 heterocycles. The maximum atomic E-state index is 5.05. The molecule has 0 amide bonds. The maximum absolute atomic E-state index is 5.05. The molecule has 2 rings (SSSR count). The van der Waals surface area contributed by atoms with E-state index in [1.165, 1.54) is 0 Å². The average Bonchev–Trinajstić information content (AvgIpc) is 2.73. The molecular weight excluding hydrogens is 202 g/mol. The second-order valence-corrected chi connectivity index (χ2v) is 4.00. The van der Waals surface area contributed by atoms with Gasteiger partial charge in [0, 0.05) is 30.8 Å². The molecule has 1 atom stereocenters. The van der Waals surface area contributed by atoms with E-state index in [1.54, 1.807) is 7.11 Å². The molecule has 1 unspecified atom stereocenters. The number of methoxy groups -OCH3 is 1. The van der Waals surface area contributed by atoms with Crippen LogP contribution in [0.25, 0.3) is 10.9 Å². The molecule has 2 N–H and O–H groups in total. The summed E-state index contributed by atoms with van der Waals surface area (Å²) in [5.74, 6) is 0. The highest BCUT2D eigenvalue weighted by atomic mass is 16.5. The third-order valence-electron chi connectivity index (χ3n) is 2.61. The van der Waals surface area contributed by atoms with E-state index in [9.17, 15) is 0 Å². The number of nitrogens with zero attached hydrogens (tertiary/aromatic N) is 1. The molecule has 0 aliphatic heterocycles. The number of aromatic nitrogens is 2. The van der Waals surface area contributed by atoms with Crippen LogP contribution in [-0.2, 0) is 4.74 Å². The van der Waals surface area contributed by atoms with Crippen LogP contribution >= 0.6 is 0 Å². The predicted octanol–water partition coefficient (Wildman–Crippen LogP) is 2.40. The zero-order chi connectivity index (χ0) is 11.4. The highest BCUT2D eigenvalue weighted by molar-refractivity contribution is 5.81. The Morgan fingerprint density at radius 1 is 1.50 bits per heavy atom. The fourth-order valence-corrected chi connectivity index (χ4v) is 1.68. The van der Waals surface area contributed by atoms with E-state index in [-0.39, 0.29) is 0 Å². The number of hydrogen-bond acceptors (Lipinski definition) is 3. The molecule has 1 aromatic carbocycles. The summed E-state index contributed by atoms with van der Waals surface area (Å²) >= 11 is 0. The van der Waals surface area contributed by atoms with Crippen molar-refractivity contribution in [3.63, 3.8) is 0 Å². The molecular formula is C12H17N3O. The minimum Gasteiger partial charge on any atom is -0.385 e. The lowest BCUT2D eigenvalue weighted by atomic mass is 10.2. The van der Waals surface area contributed by atoms with E-state index >= 15 is 0 Å². The Kier molecular flexibility index (Phi) is 3.41. The van der Waals surface area contributed by atoms with Crippen molar-refractivity contribution in [3.05, 3.63) is 24.4 Å². The van der Waals surface area contributed by atoms with E-state index in [1.807, 2.05) is 12.3 Å². The molecule has 4 heteroatoms. The lowest BCUT2D eigenvalue weighted by Gasteiger charge is -2.14. The number of rotatable bonds is 5. The summed E-state index contributed by atoms with van der Waals surface area (Å²) in [5, 5.41) is 11.5. The fraction of sp³-hybridized carbons (Fsp3) is 0.417. The predicted molar refractivity (Wildman–Crippen MR) is 65.7 cm³/mol. The minimum atomic E-state index is 0.407. The van der Waals surface area contributed by atoms with Crippen LogP contribution in [0.2, 0.25) is 0 Å². The van der Waals surface area contributed by atoms with Gasteiger partial charge >= 0.3 is 0 Å². The number of nitrogens with one attached hydrogen (secondary N) is 2. The van der Waals surface area contributed by atoms with Gasteiger partial charge in [-0.05, 0) is 31.5 Å². The van der Waals surface area contributed by atoms with Crippen LogP contribution in [0, 0.1) is 0 Å². The largest absolute Gasteiger partial charge is 0.385 e. The molecule has 0 radical (unpaired) electrons. The van der Waals surface area contributed by atoms with Crippen LogP contribution in [-0.4, -0.2) is 30.0 Å². The van der Waals surface area contributed by atoms with Gasteiger partial charge in [0.25, 0.3) is 0 Å². The van der Waals surface area contributed by atoms with Crippen molar-refractivity contribution in [2.75, 3.05) is 19.0 Å². The summed E-state index contributed by atoms with van der Waals surface area (Å²) in [4.78, 5) is 0. The Hall–Kier alpha value is -1.55. The summed E-state index contributed by atoms with van der Waals surface area (Å²) in [6.45, 7) is 2.93. The average molecular weight is 219 g/mol. The molecule has 0 bridgehead atoms. The van der Waals surface area contributed by atoms with Gasteiger partial charge in [-0.3, -0.25) is 5.10 Å². The number of benzene rings is 1. The third-order valence-corrected chi connectivity index (χ3v) is 2.61. The lowest BCUT2D eigenvalue weighted by Crippen LogP contribution is -2.16. The second-order valence-electron chi connectivity index (χ2n) is 4.00. The summed E-state index contributed by atoms with van der Waals surface area (Å²) in [6.07, 6.45) is 2.83. The molecule has 1 aromatic heterocycles. The van der Waals surface area contributed by atoms with Crippen LogP contribution in [0.15, 0.2) is 24.4 Å². The van der Waals surface area contributed by atoms with Gasteiger partial charge in [-0.1, -0.05) is 0 Å².